The van der Waals surface area contributed by atoms with Crippen LogP contribution in [0.5, 0.6) is 0 Å². The average molecular weight is 309 g/mol. The van der Waals surface area contributed by atoms with Gasteiger partial charge in [-0.1, -0.05) is 30.3 Å². The molecule has 0 saturated carbocycles. The first-order valence-corrected chi connectivity index (χ1v) is 6.30. The minimum absolute atomic E-state index is 0.141. The zero-order valence-electron chi connectivity index (χ0n) is 9.56. The minimum Gasteiger partial charge on any atom is -0.394 e. The van der Waals surface area contributed by atoms with Crippen molar-refractivity contribution in [2.24, 2.45) is 0 Å². The van der Waals surface area contributed by atoms with Crippen LogP contribution in [0.25, 0.3) is 0 Å². The van der Waals surface area contributed by atoms with Crippen molar-refractivity contribution >= 4 is 21.8 Å². The molecule has 1 aromatic carbocycles. The highest BCUT2D eigenvalue weighted by molar-refractivity contribution is 9.10. The molecule has 94 valence electrons. The second kappa shape index (κ2) is 5.84. The topological polar surface area (TPSA) is 65.1 Å². The molecule has 0 aliphatic carbocycles. The monoisotopic (exact) mass is 308 g/mol. The number of aromatic nitrogens is 1. The molecule has 0 aliphatic rings. The first kappa shape index (κ1) is 12.9. The number of rotatable bonds is 4. The molecule has 4 nitrogen and oxygen atoms in total. The van der Waals surface area contributed by atoms with Gasteiger partial charge in [0.15, 0.2) is 0 Å². The van der Waals surface area contributed by atoms with Gasteiger partial charge in [-0.25, -0.2) is 0 Å². The van der Waals surface area contributed by atoms with Crippen molar-refractivity contribution in [3.63, 3.8) is 0 Å². The van der Waals surface area contributed by atoms with Crippen molar-refractivity contribution in [2.75, 3.05) is 6.61 Å². The first-order chi connectivity index (χ1) is 8.70. The van der Waals surface area contributed by atoms with E-state index in [0.29, 0.717) is 5.69 Å². The highest BCUT2D eigenvalue weighted by Crippen LogP contribution is 2.14. The van der Waals surface area contributed by atoms with E-state index in [0.717, 1.165) is 10.0 Å². The molecule has 1 atom stereocenters. The molecular formula is C13H13BrN2O2. The van der Waals surface area contributed by atoms with Crippen molar-refractivity contribution in [1.29, 1.82) is 0 Å². The Morgan fingerprint density at radius 1 is 1.39 bits per heavy atom. The molecule has 1 aromatic heterocycles. The lowest BCUT2D eigenvalue weighted by Crippen LogP contribution is -2.30. The molecule has 0 aliphatic heterocycles. The number of benzene rings is 1. The molecule has 2 aromatic rings. The van der Waals surface area contributed by atoms with Gasteiger partial charge in [-0.05, 0) is 27.6 Å². The van der Waals surface area contributed by atoms with Crippen LogP contribution in [0, 0.1) is 0 Å². The molecule has 0 spiro atoms. The number of hydrogen-bond donors (Lipinski definition) is 3. The maximum absolute atomic E-state index is 11.9. The standard InChI is InChI=1S/C13H13BrN2O2/c14-10-6-11(15-7-10)13(18)16-12(8-17)9-4-2-1-3-5-9/h1-7,12,15,17H,8H2,(H,16,18)/t12-/m0/s1. The fourth-order valence-electron chi connectivity index (χ4n) is 1.65. The first-order valence-electron chi connectivity index (χ1n) is 5.51. The van der Waals surface area contributed by atoms with E-state index < -0.39 is 6.04 Å². The van der Waals surface area contributed by atoms with Gasteiger partial charge in [0.2, 0.25) is 0 Å². The van der Waals surface area contributed by atoms with Gasteiger partial charge >= 0.3 is 0 Å². The second-order valence-electron chi connectivity index (χ2n) is 3.85. The second-order valence-corrected chi connectivity index (χ2v) is 4.77. The third-order valence-electron chi connectivity index (χ3n) is 2.58. The van der Waals surface area contributed by atoms with Gasteiger partial charge in [0.1, 0.15) is 5.69 Å². The fraction of sp³-hybridized carbons (Fsp3) is 0.154. The third-order valence-corrected chi connectivity index (χ3v) is 3.04. The number of carbonyl (C=O) groups is 1. The zero-order valence-corrected chi connectivity index (χ0v) is 11.1. The van der Waals surface area contributed by atoms with E-state index in [1.807, 2.05) is 30.3 Å². The summed E-state index contributed by atoms with van der Waals surface area (Å²) in [6.07, 6.45) is 1.69. The summed E-state index contributed by atoms with van der Waals surface area (Å²) in [5, 5.41) is 12.1. The van der Waals surface area contributed by atoms with E-state index in [1.165, 1.54) is 0 Å². The molecule has 0 saturated heterocycles. The predicted molar refractivity (Wildman–Crippen MR) is 72.2 cm³/mol. The molecule has 18 heavy (non-hydrogen) atoms. The van der Waals surface area contributed by atoms with E-state index in [4.69, 9.17) is 0 Å². The summed E-state index contributed by atoms with van der Waals surface area (Å²) in [5.41, 5.74) is 1.33. The smallest absolute Gasteiger partial charge is 0.268 e. The van der Waals surface area contributed by atoms with E-state index in [-0.39, 0.29) is 12.5 Å². The van der Waals surface area contributed by atoms with Gasteiger partial charge in [0, 0.05) is 10.7 Å². The van der Waals surface area contributed by atoms with Crippen molar-refractivity contribution in [1.82, 2.24) is 10.3 Å². The largest absolute Gasteiger partial charge is 0.394 e. The summed E-state index contributed by atoms with van der Waals surface area (Å²) in [6, 6.07) is 10.7. The minimum atomic E-state index is -0.402. The molecular weight excluding hydrogens is 296 g/mol. The Labute approximate surface area is 113 Å². The molecule has 0 radical (unpaired) electrons. The number of nitrogens with one attached hydrogen (secondary N) is 2. The number of aliphatic hydroxyl groups excluding tert-OH is 1. The molecule has 0 bridgehead atoms. The SMILES string of the molecule is O=C(N[C@@H](CO)c1ccccc1)c1cc(Br)c[nH]1. The van der Waals surface area contributed by atoms with Crippen molar-refractivity contribution < 1.29 is 9.90 Å². The van der Waals surface area contributed by atoms with E-state index in [1.54, 1.807) is 12.3 Å². The number of aromatic amines is 1. The summed E-state index contributed by atoms with van der Waals surface area (Å²) < 4.78 is 0.813. The Bertz CT molecular complexity index is 525. The lowest BCUT2D eigenvalue weighted by atomic mass is 10.1. The highest BCUT2D eigenvalue weighted by atomic mass is 79.9. The predicted octanol–water partition coefficient (Wildman–Crippen LogP) is 2.24. The fourth-order valence-corrected chi connectivity index (χ4v) is 2.00. The summed E-state index contributed by atoms with van der Waals surface area (Å²) in [5.74, 6) is -0.247. The average Bonchev–Trinajstić information content (AvgIpc) is 2.83. The van der Waals surface area contributed by atoms with Crippen LogP contribution in [0.3, 0.4) is 0 Å². The van der Waals surface area contributed by atoms with Crippen LogP contribution in [-0.4, -0.2) is 22.6 Å². The van der Waals surface area contributed by atoms with Gasteiger partial charge in [0.05, 0.1) is 12.6 Å². The number of hydrogen-bond acceptors (Lipinski definition) is 2. The lowest BCUT2D eigenvalue weighted by molar-refractivity contribution is 0.0911. The van der Waals surface area contributed by atoms with Crippen LogP contribution in [0.4, 0.5) is 0 Å². The highest BCUT2D eigenvalue weighted by Gasteiger charge is 2.15. The normalized spacial score (nSPS) is 12.1. The van der Waals surface area contributed by atoms with Crippen LogP contribution < -0.4 is 5.32 Å². The lowest BCUT2D eigenvalue weighted by Gasteiger charge is -2.16. The Balaban J connectivity index is 2.10. The summed E-state index contributed by atoms with van der Waals surface area (Å²) in [6.45, 7) is -0.141. The number of H-pyrrole nitrogens is 1. The van der Waals surface area contributed by atoms with Gasteiger partial charge < -0.3 is 15.4 Å². The zero-order chi connectivity index (χ0) is 13.0. The van der Waals surface area contributed by atoms with E-state index >= 15 is 0 Å². The van der Waals surface area contributed by atoms with Gasteiger partial charge in [-0.3, -0.25) is 4.79 Å². The van der Waals surface area contributed by atoms with Crippen LogP contribution in [0.15, 0.2) is 47.1 Å². The maximum atomic E-state index is 11.9. The molecule has 2 rings (SSSR count). The van der Waals surface area contributed by atoms with Crippen LogP contribution >= 0.6 is 15.9 Å². The molecule has 1 heterocycles. The number of amides is 1. The van der Waals surface area contributed by atoms with Crippen LogP contribution in [0.1, 0.15) is 22.1 Å². The third kappa shape index (κ3) is 3.00. The summed E-state index contributed by atoms with van der Waals surface area (Å²) in [4.78, 5) is 14.8. The van der Waals surface area contributed by atoms with Gasteiger partial charge in [0.25, 0.3) is 5.91 Å². The number of carbonyl (C=O) groups excluding carboxylic acids is 1. The Kier molecular flexibility index (Phi) is 4.17. The van der Waals surface area contributed by atoms with Crippen molar-refractivity contribution in [3.8, 4) is 0 Å². The molecule has 0 unspecified atom stereocenters. The number of halogens is 1. The van der Waals surface area contributed by atoms with Crippen LogP contribution in [0.2, 0.25) is 0 Å². The van der Waals surface area contributed by atoms with E-state index in [9.17, 15) is 9.90 Å². The van der Waals surface area contributed by atoms with E-state index in [2.05, 4.69) is 26.2 Å². The molecule has 3 N–H and O–H groups in total. The Morgan fingerprint density at radius 2 is 2.11 bits per heavy atom. The quantitative estimate of drug-likeness (QED) is 0.811. The van der Waals surface area contributed by atoms with Gasteiger partial charge in [-0.15, -0.1) is 0 Å². The van der Waals surface area contributed by atoms with Crippen LogP contribution in [-0.2, 0) is 0 Å². The summed E-state index contributed by atoms with van der Waals surface area (Å²) in [7, 11) is 0. The Morgan fingerprint density at radius 3 is 2.67 bits per heavy atom. The maximum Gasteiger partial charge on any atom is 0.268 e. The molecule has 5 heteroatoms. The van der Waals surface area contributed by atoms with Crippen molar-refractivity contribution in [3.05, 3.63) is 58.3 Å². The van der Waals surface area contributed by atoms with Gasteiger partial charge in [-0.2, -0.15) is 0 Å². The molecule has 1 amide bonds. The number of aliphatic hydroxyl groups is 1. The Hall–Kier alpha value is -1.59. The summed E-state index contributed by atoms with van der Waals surface area (Å²) >= 11 is 3.27. The van der Waals surface area contributed by atoms with Crippen molar-refractivity contribution in [2.45, 2.75) is 6.04 Å². The molecule has 0 fully saturated rings.